The van der Waals surface area contributed by atoms with Gasteiger partial charge in [0.1, 0.15) is 109 Å². The zero-order chi connectivity index (χ0) is 107. The van der Waals surface area contributed by atoms with Crippen LogP contribution in [0.2, 0.25) is 0 Å². The van der Waals surface area contributed by atoms with Crippen LogP contribution in [0.1, 0.15) is 179 Å². The lowest BCUT2D eigenvalue weighted by Gasteiger charge is -2.30. The number of carboxylic acid groups (broad SMARTS) is 2. The van der Waals surface area contributed by atoms with Gasteiger partial charge in [-0.25, -0.2) is 4.79 Å². The third-order valence-corrected chi connectivity index (χ3v) is 21.7. The van der Waals surface area contributed by atoms with E-state index in [0.717, 1.165) is 20.8 Å². The van der Waals surface area contributed by atoms with E-state index < -0.39 is 314 Å². The zero-order valence-electron chi connectivity index (χ0n) is 80.7. The topological polar surface area (TPSA) is 966 Å². The van der Waals surface area contributed by atoms with Gasteiger partial charge in [0.25, 0.3) is 0 Å². The van der Waals surface area contributed by atoms with Gasteiger partial charge in [-0.15, -0.1) is 0 Å². The third kappa shape index (κ3) is 49.4. The Kier molecular flexibility index (Phi) is 60.8. The molecule has 0 aromatic rings. The van der Waals surface area contributed by atoms with Crippen molar-refractivity contribution in [1.29, 1.82) is 16.2 Å². The summed E-state index contributed by atoms with van der Waals surface area (Å²) in [5.41, 5.74) is 38.8. The molecule has 0 radical (unpaired) electrons. The van der Waals surface area contributed by atoms with Crippen LogP contribution < -0.4 is 152 Å². The maximum atomic E-state index is 14.4. The molecular weight excluding hydrogens is 1870 g/mol. The molecule has 57 nitrogen and oxygen atoms in total. The van der Waals surface area contributed by atoms with Crippen LogP contribution in [0.15, 0.2) is 0 Å². The standard InChI is InChI=1S/C82H149N31O26S/c1-12-39(6)60(78(137)105-47(21-14-16-28-84)71(130)112-58(37(2)3)76(135)100-44(11)65(124)111-59(38(4)5)77(136)110-53(33-114)73(132)99-43(10)63(122)107-52(32-57(118)119)72(131)106-51(79(138)139)24-19-31-95-82(91)92)113-75(134)55(35-116)108-64(123)41(8)96-61(120)40(7)97-68(127)50(25-26-56(86)117)104-69(128)46(20-13-15-27-83)102-70(129)49(23-18-30-94-81(89)90)101-62(121)42(9)98-67(126)48(22-17-29-93-80(87)88)103-74(133)54(34-115)109-66(125)45(85)36-140/h37-55,58-60,114-116,140H,12-36,83-85H2,1-11H3,(H2,86,117)(H,96,120)(H,97,127)(H,98,126)(H,99,132)(H,100,135)(H,101,121)(H,102,129)(H,103,133)(H,104,128)(H,105,137)(H,106,131)(H,107,122)(H,108,123)(H,109,125)(H,110,136)(H,111,124)(H,112,130)(H,113,134)(H,118,119)(H,138,139)(H4,87,88,93)(H4,89,90,94)(H4,91,92,95). The summed E-state index contributed by atoms with van der Waals surface area (Å²) in [5, 5.41) is 123. The number of hydrogen-bond acceptors (Lipinski definition) is 31. The Morgan fingerprint density at radius 1 is 0.300 bits per heavy atom. The van der Waals surface area contributed by atoms with Crippen molar-refractivity contribution in [2.45, 2.75) is 294 Å². The van der Waals surface area contributed by atoms with Gasteiger partial charge in [-0.2, -0.15) is 12.6 Å². The molecule has 140 heavy (non-hydrogen) atoms. The minimum absolute atomic E-state index is 0.0156. The van der Waals surface area contributed by atoms with Gasteiger partial charge in [0.2, 0.25) is 112 Å². The Morgan fingerprint density at radius 2 is 0.543 bits per heavy atom. The van der Waals surface area contributed by atoms with Crippen molar-refractivity contribution >= 4 is 155 Å². The highest BCUT2D eigenvalue weighted by Gasteiger charge is 2.41. The fourth-order valence-electron chi connectivity index (χ4n) is 12.8. The van der Waals surface area contributed by atoms with E-state index in [1.807, 2.05) is 0 Å². The Balaban J connectivity index is 6.65. The van der Waals surface area contributed by atoms with Crippen LogP contribution in [0.25, 0.3) is 0 Å². The van der Waals surface area contributed by atoms with Crippen LogP contribution in [-0.4, -0.2) is 341 Å². The summed E-state index contributed by atoms with van der Waals surface area (Å²) in [6.07, 6.45) is -1.51. The van der Waals surface area contributed by atoms with Crippen LogP contribution in [0, 0.1) is 34.0 Å². The summed E-state index contributed by atoms with van der Waals surface area (Å²) in [5.74, 6) is -26.3. The van der Waals surface area contributed by atoms with Crippen LogP contribution >= 0.6 is 12.6 Å². The van der Waals surface area contributed by atoms with E-state index in [1.54, 1.807) is 13.8 Å². The smallest absolute Gasteiger partial charge is 0.326 e. The van der Waals surface area contributed by atoms with E-state index in [-0.39, 0.29) is 109 Å². The molecule has 20 atom stereocenters. The van der Waals surface area contributed by atoms with Crippen molar-refractivity contribution in [1.82, 2.24) is 112 Å². The molecule has 0 aliphatic carbocycles. The average Bonchev–Trinajstić information content (AvgIpc) is 0.893. The number of guanidine groups is 3. The van der Waals surface area contributed by atoms with E-state index in [9.17, 15) is 126 Å². The summed E-state index contributed by atoms with van der Waals surface area (Å²) in [7, 11) is 0. The van der Waals surface area contributed by atoms with Gasteiger partial charge in [0.15, 0.2) is 17.9 Å². The van der Waals surface area contributed by atoms with Gasteiger partial charge in [0, 0.05) is 31.8 Å². The van der Waals surface area contributed by atoms with Crippen LogP contribution in [-0.2, 0) is 101 Å². The molecule has 20 unspecified atom stereocenters. The Bertz CT molecular complexity index is 4200. The lowest BCUT2D eigenvalue weighted by atomic mass is 9.96. The second-order valence-corrected chi connectivity index (χ2v) is 34.3. The van der Waals surface area contributed by atoms with Crippen LogP contribution in [0.4, 0.5) is 0 Å². The highest BCUT2D eigenvalue weighted by Crippen LogP contribution is 2.15. The normalized spacial score (nSPS) is 15.3. The number of aliphatic hydroxyl groups is 3. The molecule has 0 aliphatic heterocycles. The molecule has 794 valence electrons. The van der Waals surface area contributed by atoms with E-state index in [2.05, 4.69) is 124 Å². The number of hydrogen-bond donors (Lipinski definition) is 37. The minimum Gasteiger partial charge on any atom is -0.481 e. The first-order chi connectivity index (χ1) is 65.6. The number of unbranched alkanes of at least 4 members (excludes halogenated alkanes) is 2. The van der Waals surface area contributed by atoms with Crippen molar-refractivity contribution < 1.29 is 126 Å². The summed E-state index contributed by atoms with van der Waals surface area (Å²) in [6.45, 7) is 12.3. The van der Waals surface area contributed by atoms with Crippen molar-refractivity contribution in [2.24, 2.45) is 57.9 Å². The van der Waals surface area contributed by atoms with Gasteiger partial charge in [-0.05, 0) is 149 Å². The number of nitrogens with one attached hydrogen (secondary N) is 24. The Labute approximate surface area is 815 Å². The SMILES string of the molecule is CCC(C)C(NC(=O)C(CO)NC(=O)C(C)NC(=O)C(C)NC(=O)C(CCC(N)=O)NC(=O)C(CCCCN)NC(=O)C(CCCNC(=N)N)NC(=O)C(C)NC(=O)C(CCCNC(=N)N)NC(=O)C(CO)NC(=O)C(N)CS)C(=O)NC(CCCCN)C(=O)NC(C(=O)NC(C)C(=O)NC(C(=O)NC(CO)C(=O)NC(C)C(=O)NC(CC(=O)O)C(=O)NC(CCCNC(=N)N)C(=O)O)C(C)C)C(C)C. The molecule has 0 spiro atoms. The number of rotatable bonds is 70. The van der Waals surface area contributed by atoms with Gasteiger partial charge in [-0.1, -0.05) is 48.0 Å². The number of thiol groups is 1. The Hall–Kier alpha value is -13.2. The number of nitrogens with two attached hydrogens (primary N) is 7. The van der Waals surface area contributed by atoms with Gasteiger partial charge in [0.05, 0.1) is 32.3 Å². The molecule has 0 heterocycles. The number of aliphatic hydroxyl groups excluding tert-OH is 3. The van der Waals surface area contributed by atoms with Crippen molar-refractivity contribution in [3.8, 4) is 0 Å². The summed E-state index contributed by atoms with van der Waals surface area (Å²) >= 11 is 3.96. The first kappa shape index (κ1) is 127. The lowest BCUT2D eigenvalue weighted by Crippen LogP contribution is -2.62. The zero-order valence-corrected chi connectivity index (χ0v) is 81.6. The van der Waals surface area contributed by atoms with Gasteiger partial charge < -0.3 is 177 Å². The first-order valence-electron chi connectivity index (χ1n) is 45.6. The number of carboxylic acids is 2. The fraction of sp³-hybridized carbons (Fsp3) is 0.707. The molecule has 0 saturated carbocycles. The molecule has 0 aromatic carbocycles. The molecule has 58 heteroatoms. The summed E-state index contributed by atoms with van der Waals surface area (Å²) < 4.78 is 0. The minimum atomic E-state index is -1.88. The molecule has 19 amide bonds. The molecule has 0 aromatic heterocycles. The number of carbonyl (C=O) groups excluding carboxylic acids is 19. The molecule has 43 N–H and O–H groups in total. The predicted octanol–water partition coefficient (Wildman–Crippen LogP) is -13.7. The van der Waals surface area contributed by atoms with E-state index in [0.29, 0.717) is 12.8 Å². The van der Waals surface area contributed by atoms with E-state index in [4.69, 9.17) is 56.4 Å². The molecule has 0 aliphatic rings. The molecule has 0 saturated heterocycles. The second kappa shape index (κ2) is 67.2. The number of aliphatic carboxylic acids is 2. The summed E-state index contributed by atoms with van der Waals surface area (Å²) in [6, 6.07) is -29.7. The number of primary amides is 1. The average molecular weight is 2020 g/mol. The quantitative estimate of drug-likeness (QED) is 0.0116. The molecule has 0 rings (SSSR count). The summed E-state index contributed by atoms with van der Waals surface area (Å²) in [4.78, 5) is 284. The third-order valence-electron chi connectivity index (χ3n) is 21.3. The monoisotopic (exact) mass is 2020 g/mol. The van der Waals surface area contributed by atoms with Crippen LogP contribution in [0.5, 0.6) is 0 Å². The van der Waals surface area contributed by atoms with Crippen molar-refractivity contribution in [3.05, 3.63) is 0 Å². The maximum Gasteiger partial charge on any atom is 0.326 e. The highest BCUT2D eigenvalue weighted by molar-refractivity contribution is 7.80. The van der Waals surface area contributed by atoms with Gasteiger partial charge >= 0.3 is 11.9 Å². The van der Waals surface area contributed by atoms with E-state index >= 15 is 0 Å². The Morgan fingerprint density at radius 3 is 0.893 bits per heavy atom. The van der Waals surface area contributed by atoms with Crippen LogP contribution in [0.3, 0.4) is 0 Å². The van der Waals surface area contributed by atoms with Crippen molar-refractivity contribution in [2.75, 3.05) is 58.3 Å². The first-order valence-corrected chi connectivity index (χ1v) is 46.3. The highest BCUT2D eigenvalue weighted by atomic mass is 32.1. The largest absolute Gasteiger partial charge is 0.481 e. The van der Waals surface area contributed by atoms with Crippen molar-refractivity contribution in [3.63, 3.8) is 0 Å². The molecule has 0 fully saturated rings. The maximum absolute atomic E-state index is 14.4. The molecular formula is C82H149N31O26S. The number of amides is 19. The predicted molar refractivity (Wildman–Crippen MR) is 507 cm³/mol. The fourth-order valence-corrected chi connectivity index (χ4v) is 12.9. The lowest BCUT2D eigenvalue weighted by molar-refractivity contribution is -0.144. The van der Waals surface area contributed by atoms with Gasteiger partial charge in [-0.3, -0.25) is 112 Å². The van der Waals surface area contributed by atoms with E-state index in [1.165, 1.54) is 41.5 Å². The number of carbonyl (C=O) groups is 21. The second-order valence-electron chi connectivity index (χ2n) is 33.9. The molecule has 0 bridgehead atoms.